The molecule has 1 unspecified atom stereocenters. The second kappa shape index (κ2) is 8.10. The third kappa shape index (κ3) is 4.18. The average molecular weight is 446 g/mol. The Bertz CT molecular complexity index is 999. The van der Waals surface area contributed by atoms with Gasteiger partial charge in [-0.25, -0.2) is 19.1 Å². The Balaban J connectivity index is 1.97. The topological polar surface area (TPSA) is 62.7 Å². The molecule has 1 aromatic heterocycles. The van der Waals surface area contributed by atoms with Crippen LogP contribution in [-0.2, 0) is 22.1 Å². The summed E-state index contributed by atoms with van der Waals surface area (Å²) in [7, 11) is 1.36. The highest BCUT2D eigenvalue weighted by molar-refractivity contribution is 6.31. The van der Waals surface area contributed by atoms with E-state index >= 15 is 0 Å². The molecule has 1 aliphatic heterocycles. The molecule has 1 atom stereocenters. The molecule has 1 saturated heterocycles. The SMILES string of the molecule is CCc1cc(C(F)(F)F)cc(N2C(=O)OCC2C(=O)N(C)c2ccc(F)c(Cl)c2)n1. The molecule has 0 N–H and O–H groups in total. The summed E-state index contributed by atoms with van der Waals surface area (Å²) < 4.78 is 58.1. The molecule has 0 bridgehead atoms. The molecular formula is C19H16ClF4N3O3. The van der Waals surface area contributed by atoms with Crippen molar-refractivity contribution in [1.82, 2.24) is 4.98 Å². The Hall–Kier alpha value is -2.88. The van der Waals surface area contributed by atoms with E-state index < -0.39 is 35.6 Å². The van der Waals surface area contributed by atoms with E-state index in [1.54, 1.807) is 6.92 Å². The van der Waals surface area contributed by atoms with E-state index in [1.165, 1.54) is 19.2 Å². The zero-order chi connectivity index (χ0) is 22.2. The molecular weight excluding hydrogens is 430 g/mol. The van der Waals surface area contributed by atoms with Crippen LogP contribution in [0, 0.1) is 5.82 Å². The monoisotopic (exact) mass is 445 g/mol. The summed E-state index contributed by atoms with van der Waals surface area (Å²) in [4.78, 5) is 31.2. The first kappa shape index (κ1) is 21.8. The first-order valence-corrected chi connectivity index (χ1v) is 9.17. The van der Waals surface area contributed by atoms with Crippen molar-refractivity contribution < 1.29 is 31.9 Å². The van der Waals surface area contributed by atoms with Crippen molar-refractivity contribution in [3.63, 3.8) is 0 Å². The van der Waals surface area contributed by atoms with Crippen LogP contribution in [0.15, 0.2) is 30.3 Å². The van der Waals surface area contributed by atoms with Crippen LogP contribution in [0.3, 0.4) is 0 Å². The molecule has 2 heterocycles. The fourth-order valence-electron chi connectivity index (χ4n) is 2.94. The van der Waals surface area contributed by atoms with Crippen LogP contribution in [0.4, 0.5) is 33.9 Å². The number of alkyl halides is 3. The van der Waals surface area contributed by atoms with Crippen LogP contribution in [0.2, 0.25) is 5.02 Å². The van der Waals surface area contributed by atoms with Gasteiger partial charge in [0.1, 0.15) is 18.2 Å². The van der Waals surface area contributed by atoms with Gasteiger partial charge in [0.25, 0.3) is 5.91 Å². The first-order valence-electron chi connectivity index (χ1n) is 8.79. The number of hydrogen-bond donors (Lipinski definition) is 0. The van der Waals surface area contributed by atoms with E-state index in [4.69, 9.17) is 16.3 Å². The lowest BCUT2D eigenvalue weighted by Crippen LogP contribution is -2.47. The first-order chi connectivity index (χ1) is 14.0. The molecule has 2 aromatic rings. The van der Waals surface area contributed by atoms with Gasteiger partial charge >= 0.3 is 12.3 Å². The van der Waals surface area contributed by atoms with Crippen LogP contribution in [0.25, 0.3) is 0 Å². The minimum absolute atomic E-state index is 0.101. The molecule has 0 saturated carbocycles. The van der Waals surface area contributed by atoms with Gasteiger partial charge in [-0.2, -0.15) is 13.2 Å². The molecule has 160 valence electrons. The summed E-state index contributed by atoms with van der Waals surface area (Å²) >= 11 is 5.74. The van der Waals surface area contributed by atoms with E-state index in [1.807, 2.05) is 0 Å². The van der Waals surface area contributed by atoms with Crippen LogP contribution >= 0.6 is 11.6 Å². The Morgan fingerprint density at radius 3 is 2.63 bits per heavy atom. The number of aryl methyl sites for hydroxylation is 1. The summed E-state index contributed by atoms with van der Waals surface area (Å²) in [5, 5.41) is -0.213. The Morgan fingerprint density at radius 1 is 1.33 bits per heavy atom. The number of hydrogen-bond acceptors (Lipinski definition) is 4. The second-order valence-corrected chi connectivity index (χ2v) is 6.92. The lowest BCUT2D eigenvalue weighted by atomic mass is 10.1. The molecule has 0 spiro atoms. The fraction of sp³-hybridized carbons (Fsp3) is 0.316. The van der Waals surface area contributed by atoms with E-state index in [2.05, 4.69) is 4.98 Å². The summed E-state index contributed by atoms with van der Waals surface area (Å²) in [6, 6.07) is 3.91. The van der Waals surface area contributed by atoms with Gasteiger partial charge in [0.2, 0.25) is 0 Å². The van der Waals surface area contributed by atoms with Crippen LogP contribution < -0.4 is 9.80 Å². The van der Waals surface area contributed by atoms with E-state index in [0.717, 1.165) is 21.9 Å². The summed E-state index contributed by atoms with van der Waals surface area (Å²) in [5.41, 5.74) is -0.657. The number of nitrogens with zero attached hydrogens (tertiary/aromatic N) is 3. The predicted octanol–water partition coefficient (Wildman–Crippen LogP) is 4.44. The molecule has 1 aromatic carbocycles. The van der Waals surface area contributed by atoms with Crippen molar-refractivity contribution in [3.8, 4) is 0 Å². The number of rotatable bonds is 4. The van der Waals surface area contributed by atoms with Gasteiger partial charge in [-0.1, -0.05) is 18.5 Å². The van der Waals surface area contributed by atoms with Crippen molar-refractivity contribution in [2.24, 2.45) is 0 Å². The minimum atomic E-state index is -4.66. The standard InChI is InChI=1S/C19H16ClF4N3O3/c1-3-11-6-10(19(22,23)24)7-16(25-11)27-15(9-30-18(27)29)17(28)26(2)12-4-5-14(21)13(20)8-12/h4-8,15H,3,9H2,1-2H3. The molecule has 0 aliphatic carbocycles. The second-order valence-electron chi connectivity index (χ2n) is 6.52. The van der Waals surface area contributed by atoms with Gasteiger partial charge in [0, 0.05) is 18.4 Å². The predicted molar refractivity (Wildman–Crippen MR) is 101 cm³/mol. The highest BCUT2D eigenvalue weighted by atomic mass is 35.5. The quantitative estimate of drug-likeness (QED) is 0.653. The van der Waals surface area contributed by atoms with Crippen molar-refractivity contribution in [2.45, 2.75) is 25.6 Å². The maximum absolute atomic E-state index is 13.4. The number of benzene rings is 1. The van der Waals surface area contributed by atoms with E-state index in [9.17, 15) is 27.2 Å². The Kier molecular flexibility index (Phi) is 5.89. The smallest absolute Gasteiger partial charge is 0.416 e. The summed E-state index contributed by atoms with van der Waals surface area (Å²) in [6.07, 6.45) is -5.47. The maximum Gasteiger partial charge on any atom is 0.416 e. The van der Waals surface area contributed by atoms with Crippen molar-refractivity contribution in [3.05, 3.63) is 52.4 Å². The zero-order valence-corrected chi connectivity index (χ0v) is 16.6. The Labute approximate surface area is 174 Å². The van der Waals surface area contributed by atoms with Gasteiger partial charge in [0.05, 0.1) is 10.6 Å². The Morgan fingerprint density at radius 2 is 2.03 bits per heavy atom. The molecule has 1 aliphatic rings. The van der Waals surface area contributed by atoms with Crippen LogP contribution in [0.5, 0.6) is 0 Å². The molecule has 3 rings (SSSR count). The maximum atomic E-state index is 13.4. The van der Waals surface area contributed by atoms with Crippen molar-refractivity contribution in [2.75, 3.05) is 23.5 Å². The number of cyclic esters (lactones) is 1. The molecule has 11 heteroatoms. The highest BCUT2D eigenvalue weighted by Gasteiger charge is 2.43. The molecule has 6 nitrogen and oxygen atoms in total. The van der Waals surface area contributed by atoms with Gasteiger partial charge in [-0.15, -0.1) is 0 Å². The number of amides is 2. The van der Waals surface area contributed by atoms with Crippen molar-refractivity contribution >= 4 is 35.1 Å². The average Bonchev–Trinajstić information content (AvgIpc) is 3.09. The number of carbonyl (C=O) groups excluding carboxylic acids is 2. The number of aromatic nitrogens is 1. The largest absolute Gasteiger partial charge is 0.446 e. The lowest BCUT2D eigenvalue weighted by Gasteiger charge is -2.26. The summed E-state index contributed by atoms with van der Waals surface area (Å²) in [5.74, 6) is -1.68. The summed E-state index contributed by atoms with van der Waals surface area (Å²) in [6.45, 7) is 1.24. The van der Waals surface area contributed by atoms with Gasteiger partial charge in [-0.3, -0.25) is 4.79 Å². The van der Waals surface area contributed by atoms with E-state index in [0.29, 0.717) is 6.07 Å². The van der Waals surface area contributed by atoms with E-state index in [-0.39, 0.29) is 35.2 Å². The zero-order valence-electron chi connectivity index (χ0n) is 15.8. The third-order valence-corrected chi connectivity index (χ3v) is 4.87. The number of halogens is 5. The van der Waals surface area contributed by atoms with Crippen LogP contribution in [0.1, 0.15) is 18.2 Å². The lowest BCUT2D eigenvalue weighted by molar-refractivity contribution is -0.137. The number of pyridine rings is 1. The van der Waals surface area contributed by atoms with Gasteiger partial charge in [-0.05, 0) is 36.8 Å². The minimum Gasteiger partial charge on any atom is -0.446 e. The molecule has 0 radical (unpaired) electrons. The van der Waals surface area contributed by atoms with Crippen molar-refractivity contribution in [1.29, 1.82) is 0 Å². The molecule has 30 heavy (non-hydrogen) atoms. The number of carbonyl (C=O) groups is 2. The highest BCUT2D eigenvalue weighted by Crippen LogP contribution is 2.34. The fourth-order valence-corrected chi connectivity index (χ4v) is 3.12. The molecule has 1 fully saturated rings. The number of anilines is 2. The van der Waals surface area contributed by atoms with Gasteiger partial charge < -0.3 is 9.64 Å². The number of ether oxygens (including phenoxy) is 1. The molecule has 2 amide bonds. The van der Waals surface area contributed by atoms with Gasteiger partial charge in [0.15, 0.2) is 6.04 Å². The third-order valence-electron chi connectivity index (χ3n) is 4.58. The number of likely N-dealkylation sites (N-methyl/N-ethyl adjacent to an activating group) is 1. The normalized spacial score (nSPS) is 16.6. The van der Waals surface area contributed by atoms with Crippen LogP contribution in [-0.4, -0.2) is 36.7 Å².